The van der Waals surface area contributed by atoms with E-state index in [1.54, 1.807) is 0 Å². The molecule has 20 heavy (non-hydrogen) atoms. The molecule has 1 saturated heterocycles. The van der Waals surface area contributed by atoms with Gasteiger partial charge in [0.25, 0.3) is 0 Å². The van der Waals surface area contributed by atoms with Gasteiger partial charge in [-0.2, -0.15) is 0 Å². The largest absolute Gasteiger partial charge is 0.394 e. The number of nitrogens with zero attached hydrogens (tertiary/aromatic N) is 1. The average Bonchev–Trinajstić information content (AvgIpc) is 2.45. The van der Waals surface area contributed by atoms with Gasteiger partial charge in [0.1, 0.15) is 0 Å². The SMILES string of the molecule is CC(C)NCc1cc(Br)ccc1N1CCCCC1CO. The summed E-state index contributed by atoms with van der Waals surface area (Å²) in [6.45, 7) is 6.47. The molecule has 2 N–H and O–H groups in total. The third kappa shape index (κ3) is 3.96. The van der Waals surface area contributed by atoms with Crippen molar-refractivity contribution in [2.24, 2.45) is 0 Å². The highest BCUT2D eigenvalue weighted by Gasteiger charge is 2.23. The van der Waals surface area contributed by atoms with E-state index in [-0.39, 0.29) is 12.6 Å². The quantitative estimate of drug-likeness (QED) is 0.863. The molecular weight excluding hydrogens is 316 g/mol. The zero-order valence-corrected chi connectivity index (χ0v) is 14.0. The van der Waals surface area contributed by atoms with Crippen molar-refractivity contribution in [1.82, 2.24) is 5.32 Å². The Morgan fingerprint density at radius 1 is 1.40 bits per heavy atom. The first kappa shape index (κ1) is 15.8. The number of anilines is 1. The maximum atomic E-state index is 9.62. The van der Waals surface area contributed by atoms with Crippen LogP contribution >= 0.6 is 15.9 Å². The van der Waals surface area contributed by atoms with Crippen LogP contribution in [0.1, 0.15) is 38.7 Å². The number of piperidine rings is 1. The van der Waals surface area contributed by atoms with E-state index in [1.165, 1.54) is 24.1 Å². The molecule has 0 saturated carbocycles. The number of hydrogen-bond acceptors (Lipinski definition) is 3. The van der Waals surface area contributed by atoms with E-state index >= 15 is 0 Å². The maximum absolute atomic E-state index is 9.62. The molecule has 1 atom stereocenters. The van der Waals surface area contributed by atoms with Gasteiger partial charge in [-0.1, -0.05) is 29.8 Å². The molecule has 0 radical (unpaired) electrons. The summed E-state index contributed by atoms with van der Waals surface area (Å²) in [4.78, 5) is 2.38. The molecular formula is C16H25BrN2O. The van der Waals surface area contributed by atoms with Gasteiger partial charge in [-0.05, 0) is 43.0 Å². The Kier molecular flexibility index (Phi) is 5.87. The van der Waals surface area contributed by atoms with E-state index in [4.69, 9.17) is 0 Å². The third-order valence-corrected chi connectivity index (χ3v) is 4.38. The first-order valence-electron chi connectivity index (χ1n) is 7.51. The van der Waals surface area contributed by atoms with Crippen LogP contribution < -0.4 is 10.2 Å². The summed E-state index contributed by atoms with van der Waals surface area (Å²) >= 11 is 3.56. The first-order chi connectivity index (χ1) is 9.61. The lowest BCUT2D eigenvalue weighted by Crippen LogP contribution is -2.42. The second-order valence-electron chi connectivity index (χ2n) is 5.83. The van der Waals surface area contributed by atoms with Crippen LogP contribution in [0.5, 0.6) is 0 Å². The van der Waals surface area contributed by atoms with E-state index in [9.17, 15) is 5.11 Å². The molecule has 0 amide bonds. The standard InChI is InChI=1S/C16H25BrN2O/c1-12(2)18-10-13-9-14(17)6-7-16(13)19-8-4-3-5-15(19)11-20/h6-7,9,12,15,18,20H,3-5,8,10-11H2,1-2H3. The lowest BCUT2D eigenvalue weighted by molar-refractivity contribution is 0.240. The Morgan fingerprint density at radius 2 is 2.20 bits per heavy atom. The predicted molar refractivity (Wildman–Crippen MR) is 88.2 cm³/mol. The molecule has 1 aliphatic heterocycles. The number of aliphatic hydroxyl groups is 1. The van der Waals surface area contributed by atoms with Crippen LogP contribution in [0.3, 0.4) is 0 Å². The van der Waals surface area contributed by atoms with Gasteiger partial charge in [0.15, 0.2) is 0 Å². The van der Waals surface area contributed by atoms with Crippen LogP contribution in [0.25, 0.3) is 0 Å². The van der Waals surface area contributed by atoms with Crippen molar-refractivity contribution >= 4 is 21.6 Å². The van der Waals surface area contributed by atoms with Gasteiger partial charge in [-0.15, -0.1) is 0 Å². The average molecular weight is 341 g/mol. The van der Waals surface area contributed by atoms with Crippen LogP contribution in [-0.2, 0) is 6.54 Å². The van der Waals surface area contributed by atoms with Gasteiger partial charge in [0.05, 0.1) is 12.6 Å². The Hall–Kier alpha value is -0.580. The van der Waals surface area contributed by atoms with E-state index in [1.807, 2.05) is 0 Å². The summed E-state index contributed by atoms with van der Waals surface area (Å²) in [5.41, 5.74) is 2.56. The number of rotatable bonds is 5. The lowest BCUT2D eigenvalue weighted by atomic mass is 10.00. The molecule has 1 heterocycles. The zero-order valence-electron chi connectivity index (χ0n) is 12.4. The summed E-state index contributed by atoms with van der Waals surface area (Å²) in [6.07, 6.45) is 3.52. The van der Waals surface area contributed by atoms with Crippen molar-refractivity contribution in [3.8, 4) is 0 Å². The number of nitrogens with one attached hydrogen (secondary N) is 1. The minimum atomic E-state index is 0.243. The Labute approximate surface area is 130 Å². The second-order valence-corrected chi connectivity index (χ2v) is 6.75. The minimum Gasteiger partial charge on any atom is -0.394 e. The Balaban J connectivity index is 2.24. The lowest BCUT2D eigenvalue weighted by Gasteiger charge is -2.38. The summed E-state index contributed by atoms with van der Waals surface area (Å²) in [5, 5.41) is 13.1. The molecule has 112 valence electrons. The number of halogens is 1. The number of aliphatic hydroxyl groups excluding tert-OH is 1. The van der Waals surface area contributed by atoms with Crippen LogP contribution in [0.2, 0.25) is 0 Å². The topological polar surface area (TPSA) is 35.5 Å². The summed E-state index contributed by atoms with van der Waals surface area (Å²) in [5.74, 6) is 0. The Morgan fingerprint density at radius 3 is 2.90 bits per heavy atom. The van der Waals surface area contributed by atoms with Crippen molar-refractivity contribution in [3.63, 3.8) is 0 Å². The van der Waals surface area contributed by atoms with Crippen LogP contribution in [0.4, 0.5) is 5.69 Å². The molecule has 3 nitrogen and oxygen atoms in total. The predicted octanol–water partition coefficient (Wildman–Crippen LogP) is 3.30. The molecule has 0 bridgehead atoms. The fraction of sp³-hybridized carbons (Fsp3) is 0.625. The van der Waals surface area contributed by atoms with Gasteiger partial charge >= 0.3 is 0 Å². The zero-order chi connectivity index (χ0) is 14.5. The maximum Gasteiger partial charge on any atom is 0.0635 e. The molecule has 1 aromatic rings. The highest BCUT2D eigenvalue weighted by Crippen LogP contribution is 2.30. The van der Waals surface area contributed by atoms with Crippen LogP contribution in [-0.4, -0.2) is 30.3 Å². The van der Waals surface area contributed by atoms with Crippen molar-refractivity contribution in [3.05, 3.63) is 28.2 Å². The molecule has 0 aliphatic carbocycles. The third-order valence-electron chi connectivity index (χ3n) is 3.89. The molecule has 1 aromatic carbocycles. The fourth-order valence-corrected chi connectivity index (χ4v) is 3.21. The molecule has 1 fully saturated rings. The fourth-order valence-electron chi connectivity index (χ4n) is 2.80. The van der Waals surface area contributed by atoms with Crippen molar-refractivity contribution in [2.45, 2.75) is 51.7 Å². The van der Waals surface area contributed by atoms with Crippen LogP contribution in [0, 0.1) is 0 Å². The first-order valence-corrected chi connectivity index (χ1v) is 8.30. The van der Waals surface area contributed by atoms with E-state index in [0.29, 0.717) is 6.04 Å². The molecule has 0 spiro atoms. The van der Waals surface area contributed by atoms with Gasteiger partial charge in [0.2, 0.25) is 0 Å². The van der Waals surface area contributed by atoms with E-state index < -0.39 is 0 Å². The van der Waals surface area contributed by atoms with Crippen molar-refractivity contribution < 1.29 is 5.11 Å². The summed E-state index contributed by atoms with van der Waals surface area (Å²) in [6, 6.07) is 7.19. The molecule has 1 aliphatic rings. The van der Waals surface area contributed by atoms with Gasteiger partial charge in [0, 0.05) is 29.3 Å². The monoisotopic (exact) mass is 340 g/mol. The van der Waals surface area contributed by atoms with E-state index in [0.717, 1.165) is 24.0 Å². The summed E-state index contributed by atoms with van der Waals surface area (Å²) in [7, 11) is 0. The van der Waals surface area contributed by atoms with Gasteiger partial charge < -0.3 is 15.3 Å². The normalized spacial score (nSPS) is 19.6. The van der Waals surface area contributed by atoms with Gasteiger partial charge in [-0.3, -0.25) is 0 Å². The van der Waals surface area contributed by atoms with Crippen molar-refractivity contribution in [2.75, 3.05) is 18.1 Å². The number of benzene rings is 1. The second kappa shape index (κ2) is 7.43. The molecule has 0 aromatic heterocycles. The minimum absolute atomic E-state index is 0.243. The molecule has 4 heteroatoms. The van der Waals surface area contributed by atoms with E-state index in [2.05, 4.69) is 58.2 Å². The highest BCUT2D eigenvalue weighted by atomic mass is 79.9. The molecule has 1 unspecified atom stereocenters. The smallest absolute Gasteiger partial charge is 0.0635 e. The summed E-state index contributed by atoms with van der Waals surface area (Å²) < 4.78 is 1.11. The molecule has 2 rings (SSSR count). The number of hydrogen-bond donors (Lipinski definition) is 2. The Bertz CT molecular complexity index is 436. The van der Waals surface area contributed by atoms with Crippen molar-refractivity contribution in [1.29, 1.82) is 0 Å². The van der Waals surface area contributed by atoms with Crippen LogP contribution in [0.15, 0.2) is 22.7 Å². The highest BCUT2D eigenvalue weighted by molar-refractivity contribution is 9.10. The van der Waals surface area contributed by atoms with Gasteiger partial charge in [-0.25, -0.2) is 0 Å².